The number of amides is 1. The van der Waals surface area contributed by atoms with Crippen LogP contribution in [0, 0.1) is 0 Å². The molecule has 0 saturated heterocycles. The molecule has 4 rings (SSSR count). The van der Waals surface area contributed by atoms with Crippen molar-refractivity contribution in [1.29, 1.82) is 0 Å². The Labute approximate surface area is 188 Å². The molecule has 0 saturated carbocycles. The van der Waals surface area contributed by atoms with Gasteiger partial charge in [0.2, 0.25) is 0 Å². The van der Waals surface area contributed by atoms with E-state index in [2.05, 4.69) is 5.32 Å². The number of anilines is 1. The average molecular weight is 458 g/mol. The van der Waals surface area contributed by atoms with E-state index in [1.807, 2.05) is 18.2 Å². The number of nitrogens with zero attached hydrogens (tertiary/aromatic N) is 1. The summed E-state index contributed by atoms with van der Waals surface area (Å²) in [6, 6.07) is 21.2. The van der Waals surface area contributed by atoms with Gasteiger partial charge in [0.1, 0.15) is 5.15 Å². The molecule has 0 spiro atoms. The van der Waals surface area contributed by atoms with E-state index >= 15 is 0 Å². The van der Waals surface area contributed by atoms with Crippen LogP contribution in [0.5, 0.6) is 0 Å². The molecule has 0 fully saturated rings. The van der Waals surface area contributed by atoms with E-state index in [9.17, 15) is 9.59 Å². The average Bonchev–Trinajstić information content (AvgIpc) is 3.01. The number of nitrogens with one attached hydrogen (secondary N) is 1. The molecule has 4 aromatic rings. The van der Waals surface area contributed by atoms with Crippen LogP contribution in [-0.2, 0) is 11.3 Å². The summed E-state index contributed by atoms with van der Waals surface area (Å²) in [6.07, 6.45) is 0. The Kier molecular flexibility index (Phi) is 5.82. The normalized spacial score (nSPS) is 10.9. The van der Waals surface area contributed by atoms with Crippen LogP contribution < -0.4 is 5.32 Å². The maximum Gasteiger partial charge on any atom is 0.296 e. The Balaban J connectivity index is 1.75. The predicted octanol–water partition coefficient (Wildman–Crippen LogP) is 6.47. The highest BCUT2D eigenvalue weighted by Gasteiger charge is 2.26. The minimum atomic E-state index is -0.754. The lowest BCUT2D eigenvalue weighted by molar-refractivity contribution is -0.112. The van der Waals surface area contributed by atoms with E-state index in [0.29, 0.717) is 27.7 Å². The molecule has 1 amide bonds. The number of para-hydroxylation sites is 2. The minimum absolute atomic E-state index is 0.158. The first-order valence-electron chi connectivity index (χ1n) is 9.07. The number of rotatable bonds is 5. The number of hydrogen-bond donors (Lipinski definition) is 1. The smallest absolute Gasteiger partial charge is 0.296 e. The van der Waals surface area contributed by atoms with Gasteiger partial charge in [-0.15, -0.1) is 0 Å². The fourth-order valence-electron chi connectivity index (χ4n) is 3.29. The van der Waals surface area contributed by atoms with Crippen LogP contribution in [0.3, 0.4) is 0 Å². The lowest BCUT2D eigenvalue weighted by atomic mass is 10.1. The molecule has 0 aliphatic heterocycles. The van der Waals surface area contributed by atoms with Gasteiger partial charge in [-0.2, -0.15) is 0 Å². The van der Waals surface area contributed by atoms with Gasteiger partial charge < -0.3 is 9.88 Å². The molecule has 0 aliphatic rings. The number of aromatic nitrogens is 1. The molecule has 0 bridgehead atoms. The zero-order chi connectivity index (χ0) is 21.3. The van der Waals surface area contributed by atoms with Crippen molar-refractivity contribution in [2.24, 2.45) is 0 Å². The quantitative estimate of drug-likeness (QED) is 0.276. The molecule has 4 nitrogen and oxygen atoms in total. The molecule has 0 atom stereocenters. The number of fused-ring (bicyclic) bond motifs is 1. The van der Waals surface area contributed by atoms with E-state index in [0.717, 1.165) is 11.1 Å². The summed E-state index contributed by atoms with van der Waals surface area (Å²) in [4.78, 5) is 25.6. The maximum absolute atomic E-state index is 13.0. The van der Waals surface area contributed by atoms with Crippen molar-refractivity contribution in [2.45, 2.75) is 6.54 Å². The second-order valence-corrected chi connectivity index (χ2v) is 7.86. The summed E-state index contributed by atoms with van der Waals surface area (Å²) in [5.74, 6) is -1.46. The summed E-state index contributed by atoms with van der Waals surface area (Å²) in [6.45, 7) is 0.322. The first-order chi connectivity index (χ1) is 14.5. The van der Waals surface area contributed by atoms with E-state index in [4.69, 9.17) is 34.8 Å². The summed E-state index contributed by atoms with van der Waals surface area (Å²) >= 11 is 18.9. The van der Waals surface area contributed by atoms with Gasteiger partial charge in [0.25, 0.3) is 11.7 Å². The van der Waals surface area contributed by atoms with Crippen molar-refractivity contribution >= 4 is 63.1 Å². The molecular weight excluding hydrogens is 443 g/mol. The summed E-state index contributed by atoms with van der Waals surface area (Å²) < 4.78 is 1.76. The number of ketones is 1. The van der Waals surface area contributed by atoms with Gasteiger partial charge >= 0.3 is 0 Å². The Morgan fingerprint density at radius 1 is 0.867 bits per heavy atom. The molecule has 0 unspecified atom stereocenters. The lowest BCUT2D eigenvalue weighted by Gasteiger charge is -2.10. The third-order valence-electron chi connectivity index (χ3n) is 4.72. The minimum Gasteiger partial charge on any atom is -0.326 e. The molecule has 0 radical (unpaired) electrons. The molecule has 30 heavy (non-hydrogen) atoms. The van der Waals surface area contributed by atoms with Gasteiger partial charge in [-0.05, 0) is 35.9 Å². The molecule has 1 aromatic heterocycles. The number of benzene rings is 3. The third kappa shape index (κ3) is 3.94. The first kappa shape index (κ1) is 20.5. The fourth-order valence-corrected chi connectivity index (χ4v) is 4.09. The molecule has 1 heterocycles. The monoisotopic (exact) mass is 456 g/mol. The standard InChI is InChI=1S/C23H15Cl3N2O2/c24-15-11-10-14(18(25)12-15)13-28-19-9-5-4-8-17(19)20(22(28)26)21(29)23(30)27-16-6-2-1-3-7-16/h1-12H,13H2,(H,27,30). The third-order valence-corrected chi connectivity index (χ3v) is 5.70. The molecule has 7 heteroatoms. The molecular formula is C23H15Cl3N2O2. The first-order valence-corrected chi connectivity index (χ1v) is 10.2. The molecule has 0 aliphatic carbocycles. The SMILES string of the molecule is O=C(Nc1ccccc1)C(=O)c1c(Cl)n(Cc2ccc(Cl)cc2Cl)c2ccccc12. The topological polar surface area (TPSA) is 51.1 Å². The predicted molar refractivity (Wildman–Crippen MR) is 122 cm³/mol. The summed E-state index contributed by atoms with van der Waals surface area (Å²) in [5, 5.41) is 4.41. The van der Waals surface area contributed by atoms with Crippen LogP contribution in [-0.4, -0.2) is 16.3 Å². The van der Waals surface area contributed by atoms with Crippen LogP contribution in [0.2, 0.25) is 15.2 Å². The van der Waals surface area contributed by atoms with Crippen molar-refractivity contribution in [3.05, 3.63) is 99.1 Å². The van der Waals surface area contributed by atoms with E-state index in [1.165, 1.54) is 0 Å². The number of carbonyl (C=O) groups excluding carboxylic acids is 2. The zero-order valence-corrected chi connectivity index (χ0v) is 17.8. The second-order valence-electron chi connectivity index (χ2n) is 6.65. The molecule has 150 valence electrons. The highest BCUT2D eigenvalue weighted by atomic mass is 35.5. The Hall–Kier alpha value is -2.79. The van der Waals surface area contributed by atoms with Crippen LogP contribution in [0.25, 0.3) is 10.9 Å². The summed E-state index contributed by atoms with van der Waals surface area (Å²) in [5.41, 5.74) is 2.20. The van der Waals surface area contributed by atoms with Gasteiger partial charge in [-0.3, -0.25) is 9.59 Å². The largest absolute Gasteiger partial charge is 0.326 e. The molecule has 3 aromatic carbocycles. The maximum atomic E-state index is 13.0. The van der Waals surface area contributed by atoms with Crippen LogP contribution in [0.15, 0.2) is 72.8 Å². The van der Waals surface area contributed by atoms with Crippen molar-refractivity contribution in [1.82, 2.24) is 4.57 Å². The van der Waals surface area contributed by atoms with E-state index < -0.39 is 11.7 Å². The number of Topliss-reactive ketones (excluding diaryl/α,β-unsaturated/α-hetero) is 1. The van der Waals surface area contributed by atoms with Gasteiger partial charge in [-0.1, -0.05) is 77.3 Å². The van der Waals surface area contributed by atoms with Crippen LogP contribution >= 0.6 is 34.8 Å². The molecule has 1 N–H and O–H groups in total. The van der Waals surface area contributed by atoms with Crippen molar-refractivity contribution in [2.75, 3.05) is 5.32 Å². The highest BCUT2D eigenvalue weighted by molar-refractivity contribution is 6.51. The van der Waals surface area contributed by atoms with Crippen molar-refractivity contribution in [3.63, 3.8) is 0 Å². The van der Waals surface area contributed by atoms with Gasteiger partial charge in [0.15, 0.2) is 0 Å². The number of halogens is 3. The van der Waals surface area contributed by atoms with Crippen LogP contribution in [0.1, 0.15) is 15.9 Å². The van der Waals surface area contributed by atoms with Gasteiger partial charge in [0, 0.05) is 21.1 Å². The lowest BCUT2D eigenvalue weighted by Crippen LogP contribution is -2.23. The number of hydrogen-bond acceptors (Lipinski definition) is 2. The summed E-state index contributed by atoms with van der Waals surface area (Å²) in [7, 11) is 0. The van der Waals surface area contributed by atoms with Crippen LogP contribution in [0.4, 0.5) is 5.69 Å². The Morgan fingerprint density at radius 2 is 1.57 bits per heavy atom. The Bertz CT molecular complexity index is 1270. The number of carbonyl (C=O) groups is 2. The van der Waals surface area contributed by atoms with Gasteiger partial charge in [-0.25, -0.2) is 0 Å². The van der Waals surface area contributed by atoms with Crippen molar-refractivity contribution < 1.29 is 9.59 Å². The second kappa shape index (κ2) is 8.52. The highest BCUT2D eigenvalue weighted by Crippen LogP contribution is 2.33. The van der Waals surface area contributed by atoms with E-state index in [1.54, 1.807) is 59.2 Å². The van der Waals surface area contributed by atoms with Crippen molar-refractivity contribution in [3.8, 4) is 0 Å². The van der Waals surface area contributed by atoms with Gasteiger partial charge in [0.05, 0.1) is 17.6 Å². The Morgan fingerprint density at radius 3 is 2.30 bits per heavy atom. The van der Waals surface area contributed by atoms with E-state index in [-0.39, 0.29) is 10.7 Å². The zero-order valence-electron chi connectivity index (χ0n) is 15.5. The fraction of sp³-hybridized carbons (Fsp3) is 0.0435.